The molecule has 0 saturated heterocycles. The molecule has 0 unspecified atom stereocenters. The fraction of sp³-hybridized carbons (Fsp3) is 0.273. The summed E-state index contributed by atoms with van der Waals surface area (Å²) in [5.41, 5.74) is 2.08. The van der Waals surface area contributed by atoms with Crippen molar-refractivity contribution in [1.29, 1.82) is 0 Å². The third-order valence-electron chi connectivity index (χ3n) is 4.20. The van der Waals surface area contributed by atoms with Crippen LogP contribution in [0.3, 0.4) is 0 Å². The predicted octanol–water partition coefficient (Wildman–Crippen LogP) is 3.78. The summed E-state index contributed by atoms with van der Waals surface area (Å²) in [6.07, 6.45) is 6.78. The number of aryl methyl sites for hydroxylation is 1. The van der Waals surface area contributed by atoms with Crippen molar-refractivity contribution in [3.05, 3.63) is 78.6 Å². The van der Waals surface area contributed by atoms with Crippen molar-refractivity contribution in [3.8, 4) is 11.4 Å². The van der Waals surface area contributed by atoms with Gasteiger partial charge < -0.3 is 10.1 Å². The summed E-state index contributed by atoms with van der Waals surface area (Å²) < 4.78 is 7.47. The van der Waals surface area contributed by atoms with Crippen LogP contribution in [0.25, 0.3) is 5.69 Å². The molecule has 3 rings (SSSR count). The summed E-state index contributed by atoms with van der Waals surface area (Å²) in [5, 5.41) is 7.32. The molecule has 27 heavy (non-hydrogen) atoms. The van der Waals surface area contributed by atoms with E-state index in [-0.39, 0.29) is 5.91 Å². The molecule has 0 aliphatic carbocycles. The molecule has 140 valence electrons. The Morgan fingerprint density at radius 2 is 1.74 bits per heavy atom. The van der Waals surface area contributed by atoms with Crippen LogP contribution < -0.4 is 10.1 Å². The lowest BCUT2D eigenvalue weighted by Crippen LogP contribution is -2.24. The van der Waals surface area contributed by atoms with Crippen molar-refractivity contribution >= 4 is 5.91 Å². The largest absolute Gasteiger partial charge is 0.494 e. The summed E-state index contributed by atoms with van der Waals surface area (Å²) in [7, 11) is 0. The maximum Gasteiger partial charge on any atom is 0.220 e. The first kappa shape index (κ1) is 18.7. The number of unbranched alkanes of at least 4 members (excludes halogenated alkanes) is 1. The third kappa shape index (κ3) is 6.29. The standard InChI is InChI=1S/C22H25N3O2/c26-22(23-15-7-8-16-27-21-11-5-2-6-12-21)14-13-19-17-24-25(18-19)20-9-3-1-4-10-20/h1-6,9-12,17-18H,7-8,13-16H2,(H,23,26). The number of nitrogens with zero attached hydrogens (tertiary/aromatic N) is 2. The summed E-state index contributed by atoms with van der Waals surface area (Å²) in [5.74, 6) is 0.962. The number of para-hydroxylation sites is 2. The predicted molar refractivity (Wildman–Crippen MR) is 106 cm³/mol. The summed E-state index contributed by atoms with van der Waals surface area (Å²) in [6.45, 7) is 1.35. The van der Waals surface area contributed by atoms with Gasteiger partial charge >= 0.3 is 0 Å². The smallest absolute Gasteiger partial charge is 0.220 e. The van der Waals surface area contributed by atoms with E-state index in [1.54, 1.807) is 0 Å². The molecule has 0 fully saturated rings. The second kappa shape index (κ2) is 10.2. The summed E-state index contributed by atoms with van der Waals surface area (Å²) >= 11 is 0. The number of aromatic nitrogens is 2. The topological polar surface area (TPSA) is 56.2 Å². The molecule has 0 spiro atoms. The first-order chi connectivity index (χ1) is 13.3. The molecule has 0 atom stereocenters. The van der Waals surface area contributed by atoms with Gasteiger partial charge in [-0.2, -0.15) is 5.10 Å². The van der Waals surface area contributed by atoms with Gasteiger partial charge in [0.25, 0.3) is 0 Å². The van der Waals surface area contributed by atoms with Crippen LogP contribution in [0.5, 0.6) is 5.75 Å². The first-order valence-electron chi connectivity index (χ1n) is 9.35. The van der Waals surface area contributed by atoms with Crippen LogP contribution in [0.4, 0.5) is 0 Å². The van der Waals surface area contributed by atoms with E-state index in [2.05, 4.69) is 10.4 Å². The zero-order chi connectivity index (χ0) is 18.7. The molecule has 1 heterocycles. The average Bonchev–Trinajstić information content (AvgIpc) is 3.20. The quantitative estimate of drug-likeness (QED) is 0.558. The van der Waals surface area contributed by atoms with Crippen molar-refractivity contribution < 1.29 is 9.53 Å². The van der Waals surface area contributed by atoms with Crippen molar-refractivity contribution in [1.82, 2.24) is 15.1 Å². The second-order valence-electron chi connectivity index (χ2n) is 6.35. The lowest BCUT2D eigenvalue weighted by molar-refractivity contribution is -0.121. The molecule has 3 aromatic rings. The van der Waals surface area contributed by atoms with E-state index in [9.17, 15) is 4.79 Å². The molecule has 0 saturated carbocycles. The first-order valence-corrected chi connectivity index (χ1v) is 9.35. The van der Waals surface area contributed by atoms with E-state index in [0.717, 1.165) is 29.8 Å². The Labute approximate surface area is 160 Å². The molecule has 1 aromatic heterocycles. The Hall–Kier alpha value is -3.08. The monoisotopic (exact) mass is 363 g/mol. The van der Waals surface area contributed by atoms with Gasteiger partial charge in [0, 0.05) is 19.2 Å². The lowest BCUT2D eigenvalue weighted by Gasteiger charge is -2.07. The van der Waals surface area contributed by atoms with Gasteiger partial charge in [-0.05, 0) is 49.1 Å². The van der Waals surface area contributed by atoms with E-state index in [1.807, 2.05) is 77.7 Å². The molecule has 5 nitrogen and oxygen atoms in total. The molecular weight excluding hydrogens is 338 g/mol. The maximum absolute atomic E-state index is 12.0. The lowest BCUT2D eigenvalue weighted by atomic mass is 10.2. The van der Waals surface area contributed by atoms with Crippen LogP contribution in [0.15, 0.2) is 73.1 Å². The average molecular weight is 363 g/mol. The zero-order valence-electron chi connectivity index (χ0n) is 15.4. The van der Waals surface area contributed by atoms with Gasteiger partial charge in [-0.3, -0.25) is 4.79 Å². The Morgan fingerprint density at radius 1 is 1.00 bits per heavy atom. The number of rotatable bonds is 10. The van der Waals surface area contributed by atoms with Crippen molar-refractivity contribution in [2.24, 2.45) is 0 Å². The van der Waals surface area contributed by atoms with Gasteiger partial charge in [0.2, 0.25) is 5.91 Å². The number of nitrogens with one attached hydrogen (secondary N) is 1. The SMILES string of the molecule is O=C(CCc1cnn(-c2ccccc2)c1)NCCCCOc1ccccc1. The van der Waals surface area contributed by atoms with Gasteiger partial charge in [-0.15, -0.1) is 0 Å². The fourth-order valence-electron chi connectivity index (χ4n) is 2.72. The van der Waals surface area contributed by atoms with Crippen LogP contribution in [0.2, 0.25) is 0 Å². The highest BCUT2D eigenvalue weighted by Gasteiger charge is 2.05. The van der Waals surface area contributed by atoms with Gasteiger partial charge in [-0.1, -0.05) is 36.4 Å². The Morgan fingerprint density at radius 3 is 2.52 bits per heavy atom. The number of amides is 1. The summed E-state index contributed by atoms with van der Waals surface area (Å²) in [6, 6.07) is 19.7. The molecule has 1 N–H and O–H groups in total. The number of ether oxygens (including phenoxy) is 1. The van der Waals surface area contributed by atoms with E-state index < -0.39 is 0 Å². The molecule has 5 heteroatoms. The van der Waals surface area contributed by atoms with Crippen LogP contribution in [-0.4, -0.2) is 28.8 Å². The van der Waals surface area contributed by atoms with E-state index in [0.29, 0.717) is 26.0 Å². The van der Waals surface area contributed by atoms with E-state index in [1.165, 1.54) is 0 Å². The highest BCUT2D eigenvalue weighted by molar-refractivity contribution is 5.76. The third-order valence-corrected chi connectivity index (χ3v) is 4.20. The number of benzene rings is 2. The van der Waals surface area contributed by atoms with Crippen LogP contribution in [-0.2, 0) is 11.2 Å². The highest BCUT2D eigenvalue weighted by atomic mass is 16.5. The van der Waals surface area contributed by atoms with Gasteiger partial charge in [0.05, 0.1) is 18.5 Å². The van der Waals surface area contributed by atoms with Gasteiger partial charge in [-0.25, -0.2) is 4.68 Å². The Bertz CT molecular complexity index is 816. The van der Waals surface area contributed by atoms with Crippen LogP contribution in [0, 0.1) is 0 Å². The maximum atomic E-state index is 12.0. The molecular formula is C22H25N3O2. The van der Waals surface area contributed by atoms with E-state index in [4.69, 9.17) is 4.74 Å². The van der Waals surface area contributed by atoms with Gasteiger partial charge in [0.15, 0.2) is 0 Å². The van der Waals surface area contributed by atoms with Crippen molar-refractivity contribution in [3.63, 3.8) is 0 Å². The normalized spacial score (nSPS) is 10.5. The van der Waals surface area contributed by atoms with Crippen molar-refractivity contribution in [2.45, 2.75) is 25.7 Å². The molecule has 0 aliphatic rings. The van der Waals surface area contributed by atoms with E-state index >= 15 is 0 Å². The van der Waals surface area contributed by atoms with Gasteiger partial charge in [0.1, 0.15) is 5.75 Å². The molecule has 2 aromatic carbocycles. The molecule has 0 aliphatic heterocycles. The highest BCUT2D eigenvalue weighted by Crippen LogP contribution is 2.10. The number of carbonyl (C=O) groups is 1. The number of hydrogen-bond donors (Lipinski definition) is 1. The number of carbonyl (C=O) groups excluding carboxylic acids is 1. The minimum Gasteiger partial charge on any atom is -0.494 e. The Balaban J connectivity index is 1.28. The second-order valence-corrected chi connectivity index (χ2v) is 6.35. The zero-order valence-corrected chi connectivity index (χ0v) is 15.4. The van der Waals surface area contributed by atoms with Crippen molar-refractivity contribution in [2.75, 3.05) is 13.2 Å². The fourth-order valence-corrected chi connectivity index (χ4v) is 2.72. The molecule has 0 radical (unpaired) electrons. The van der Waals surface area contributed by atoms with Crippen LogP contribution in [0.1, 0.15) is 24.8 Å². The number of hydrogen-bond acceptors (Lipinski definition) is 3. The molecule has 0 bridgehead atoms. The molecule has 1 amide bonds. The minimum atomic E-state index is 0.0754. The minimum absolute atomic E-state index is 0.0754. The Kier molecular flexibility index (Phi) is 7.04. The summed E-state index contributed by atoms with van der Waals surface area (Å²) in [4.78, 5) is 12.0. The van der Waals surface area contributed by atoms with Crippen LogP contribution >= 0.6 is 0 Å².